The molecule has 2 aliphatic carbocycles. The van der Waals surface area contributed by atoms with Gasteiger partial charge < -0.3 is 15.5 Å². The molecule has 0 amide bonds. The van der Waals surface area contributed by atoms with Gasteiger partial charge in [0.25, 0.3) is 0 Å². The van der Waals surface area contributed by atoms with Gasteiger partial charge in [-0.2, -0.15) is 0 Å². The number of likely N-dealkylation sites (tertiary alicyclic amines) is 1. The predicted molar refractivity (Wildman–Crippen MR) is 126 cm³/mol. The normalized spacial score (nSPS) is 23.4. The van der Waals surface area contributed by atoms with Crippen LogP contribution in [-0.4, -0.2) is 58.9 Å². The molecule has 31 heavy (non-hydrogen) atoms. The summed E-state index contributed by atoms with van der Waals surface area (Å²) in [7, 11) is 0. The summed E-state index contributed by atoms with van der Waals surface area (Å²) in [5, 5.41) is 23.2. The lowest BCUT2D eigenvalue weighted by atomic mass is 9.84. The number of aliphatic hydroxyl groups is 2. The van der Waals surface area contributed by atoms with Crippen LogP contribution in [-0.2, 0) is 0 Å². The van der Waals surface area contributed by atoms with Crippen molar-refractivity contribution < 1.29 is 10.2 Å². The van der Waals surface area contributed by atoms with Crippen LogP contribution in [0.5, 0.6) is 0 Å². The van der Waals surface area contributed by atoms with Crippen molar-refractivity contribution in [2.75, 3.05) is 32.6 Å². The molecule has 2 aromatic rings. The summed E-state index contributed by atoms with van der Waals surface area (Å²) in [4.78, 5) is 2.41. The Morgan fingerprint density at radius 2 is 1.19 bits per heavy atom. The van der Waals surface area contributed by atoms with Crippen molar-refractivity contribution in [1.82, 2.24) is 10.2 Å². The number of rotatable bonds is 5. The highest BCUT2D eigenvalue weighted by atomic mass is 35.5. The third-order valence-electron chi connectivity index (χ3n) is 7.09. The summed E-state index contributed by atoms with van der Waals surface area (Å²) in [6.45, 7) is 3.26. The fraction of sp³-hybridized carbons (Fsp3) is 0.538. The highest BCUT2D eigenvalue weighted by Crippen LogP contribution is 2.47. The van der Waals surface area contributed by atoms with Gasteiger partial charge in [0.2, 0.25) is 0 Å². The lowest BCUT2D eigenvalue weighted by Gasteiger charge is -2.51. The van der Waals surface area contributed by atoms with Crippen LogP contribution in [0.3, 0.4) is 0 Å². The van der Waals surface area contributed by atoms with E-state index >= 15 is 0 Å². The van der Waals surface area contributed by atoms with E-state index in [4.69, 9.17) is 0 Å². The van der Waals surface area contributed by atoms with Crippen molar-refractivity contribution in [1.29, 1.82) is 0 Å². The lowest BCUT2D eigenvalue weighted by Crippen LogP contribution is -2.63. The first-order valence-corrected chi connectivity index (χ1v) is 12.2. The van der Waals surface area contributed by atoms with E-state index in [2.05, 4.69) is 82.5 Å². The van der Waals surface area contributed by atoms with Gasteiger partial charge in [-0.15, -0.1) is 11.6 Å². The summed E-state index contributed by atoms with van der Waals surface area (Å²) in [5.41, 5.74) is 1.91. The quantitative estimate of drug-likeness (QED) is 0.616. The van der Waals surface area contributed by atoms with Gasteiger partial charge in [-0.05, 0) is 48.6 Å². The van der Waals surface area contributed by atoms with Crippen LogP contribution in [0.15, 0.2) is 60.7 Å². The molecule has 2 saturated carbocycles. The largest absolute Gasteiger partial charge is 0.387 e. The van der Waals surface area contributed by atoms with Crippen LogP contribution in [0.1, 0.15) is 42.9 Å². The average Bonchev–Trinajstić information content (AvgIpc) is 3.66. The molecule has 0 spiro atoms. The number of hydrogen-bond donors (Lipinski definition) is 3. The van der Waals surface area contributed by atoms with Crippen LogP contribution in [0, 0.1) is 11.8 Å². The molecule has 0 atom stereocenters. The van der Waals surface area contributed by atoms with Crippen LogP contribution < -0.4 is 5.32 Å². The molecule has 0 radical (unpaired) electrons. The molecule has 2 saturated heterocycles. The summed E-state index contributed by atoms with van der Waals surface area (Å²) >= 11 is 4.64. The van der Waals surface area contributed by atoms with Gasteiger partial charge in [-0.3, -0.25) is 4.90 Å². The Bertz CT molecular complexity index is 774. The van der Waals surface area contributed by atoms with Crippen LogP contribution >= 0.6 is 11.6 Å². The van der Waals surface area contributed by atoms with Crippen LogP contribution in [0.2, 0.25) is 0 Å². The summed E-state index contributed by atoms with van der Waals surface area (Å²) in [6, 6.07) is 21.5. The number of nitrogens with one attached hydrogen (secondary N) is 1. The molecular weight excluding hydrogens is 408 g/mol. The molecule has 5 heteroatoms. The van der Waals surface area contributed by atoms with E-state index in [1.807, 2.05) is 0 Å². The second kappa shape index (κ2) is 9.60. The van der Waals surface area contributed by atoms with E-state index in [9.17, 15) is 10.2 Å². The Labute approximate surface area is 191 Å². The standard InChI is InChI=1S/C19H21NO.C6H11NO.CH3Cl/c21-19(17-11-12-17)13-20(14-19)18(15-7-3-1-4-8-15)16-9-5-2-6-10-16;8-6(3-7-4-6)5-1-2-5;1-2/h1-10,17-18,21H,11-14H2;5,7-8H,1-4H2;1H3. The zero-order valence-corrected chi connectivity index (χ0v) is 19.1. The Hall–Kier alpha value is -1.43. The fourth-order valence-electron chi connectivity index (χ4n) is 4.89. The smallest absolute Gasteiger partial charge is 0.0928 e. The Morgan fingerprint density at radius 1 is 0.774 bits per heavy atom. The molecule has 4 fully saturated rings. The Balaban J connectivity index is 0.000000192. The van der Waals surface area contributed by atoms with Gasteiger partial charge in [-0.25, -0.2) is 0 Å². The van der Waals surface area contributed by atoms with Gasteiger partial charge >= 0.3 is 0 Å². The number of hydrogen-bond acceptors (Lipinski definition) is 4. The molecule has 3 N–H and O–H groups in total. The van der Waals surface area contributed by atoms with Crippen molar-refractivity contribution in [2.24, 2.45) is 11.8 Å². The van der Waals surface area contributed by atoms with E-state index in [1.54, 1.807) is 0 Å². The van der Waals surface area contributed by atoms with Gasteiger partial charge in [0.1, 0.15) is 0 Å². The number of benzene rings is 2. The highest BCUT2D eigenvalue weighted by molar-refractivity contribution is 6.15. The minimum Gasteiger partial charge on any atom is -0.387 e. The highest BCUT2D eigenvalue weighted by Gasteiger charge is 2.53. The summed E-state index contributed by atoms with van der Waals surface area (Å²) in [6.07, 6.45) is 6.37. The number of β-amino-alcohol motifs (C(OH)–C–C–N with tert-alkyl or cyclic N) is 2. The minimum absolute atomic E-state index is 0.256. The molecule has 0 bridgehead atoms. The first kappa shape index (κ1) is 22.8. The van der Waals surface area contributed by atoms with E-state index < -0.39 is 5.60 Å². The van der Waals surface area contributed by atoms with Crippen molar-refractivity contribution in [3.05, 3.63) is 71.8 Å². The molecule has 0 aromatic heterocycles. The number of alkyl halides is 1. The average molecular weight is 443 g/mol. The molecule has 6 rings (SSSR count). The van der Waals surface area contributed by atoms with Gasteiger partial charge in [0, 0.05) is 32.6 Å². The minimum atomic E-state index is -0.429. The van der Waals surface area contributed by atoms with Crippen molar-refractivity contribution in [2.45, 2.75) is 42.9 Å². The van der Waals surface area contributed by atoms with Gasteiger partial charge in [0.05, 0.1) is 17.2 Å². The second-order valence-electron chi connectivity index (χ2n) is 9.49. The molecular formula is C26H35ClN2O2. The Kier molecular flexibility index (Phi) is 7.04. The predicted octanol–water partition coefficient (Wildman–Crippen LogP) is 3.82. The zero-order valence-electron chi connectivity index (χ0n) is 18.4. The van der Waals surface area contributed by atoms with Crippen molar-refractivity contribution >= 4 is 11.6 Å². The Morgan fingerprint density at radius 3 is 1.52 bits per heavy atom. The third-order valence-corrected chi connectivity index (χ3v) is 7.09. The second-order valence-corrected chi connectivity index (χ2v) is 9.49. The first-order valence-electron chi connectivity index (χ1n) is 11.4. The van der Waals surface area contributed by atoms with Crippen LogP contribution in [0.25, 0.3) is 0 Å². The van der Waals surface area contributed by atoms with E-state index in [1.165, 1.54) is 43.2 Å². The van der Waals surface area contributed by atoms with E-state index in [-0.39, 0.29) is 11.6 Å². The fourth-order valence-corrected chi connectivity index (χ4v) is 4.89. The topological polar surface area (TPSA) is 55.7 Å². The van der Waals surface area contributed by atoms with E-state index in [0.717, 1.165) is 26.2 Å². The van der Waals surface area contributed by atoms with Crippen molar-refractivity contribution in [3.63, 3.8) is 0 Å². The van der Waals surface area contributed by atoms with Crippen molar-refractivity contribution in [3.8, 4) is 0 Å². The molecule has 4 aliphatic rings. The summed E-state index contributed by atoms with van der Waals surface area (Å²) in [5.74, 6) is 1.18. The number of nitrogens with zero attached hydrogens (tertiary/aromatic N) is 1. The molecule has 168 valence electrons. The summed E-state index contributed by atoms with van der Waals surface area (Å²) < 4.78 is 0. The van der Waals surface area contributed by atoms with Crippen LogP contribution in [0.4, 0.5) is 0 Å². The maximum atomic E-state index is 10.6. The molecule has 2 heterocycles. The van der Waals surface area contributed by atoms with E-state index in [0.29, 0.717) is 11.8 Å². The maximum absolute atomic E-state index is 10.6. The monoisotopic (exact) mass is 442 g/mol. The SMILES string of the molecule is CCl.OC1(C2CC2)CN(C(c2ccccc2)c2ccccc2)C1.OC1(C2CC2)CNC1. The van der Waals surface area contributed by atoms with Gasteiger partial charge in [-0.1, -0.05) is 60.7 Å². The molecule has 4 nitrogen and oxygen atoms in total. The number of halogens is 1. The third kappa shape index (κ3) is 5.15. The molecule has 2 aliphatic heterocycles. The molecule has 0 unspecified atom stereocenters. The maximum Gasteiger partial charge on any atom is 0.0928 e. The zero-order chi connectivity index (χ0) is 21.9. The first-order chi connectivity index (χ1) is 15.1. The lowest BCUT2D eigenvalue weighted by molar-refractivity contribution is -0.124. The molecule has 2 aromatic carbocycles. The van der Waals surface area contributed by atoms with Gasteiger partial charge in [0.15, 0.2) is 0 Å².